The van der Waals surface area contributed by atoms with Crippen molar-refractivity contribution in [2.75, 3.05) is 26.2 Å². The van der Waals surface area contributed by atoms with Gasteiger partial charge in [0.25, 0.3) is 0 Å². The molecule has 2 heterocycles. The molecule has 244 valence electrons. The van der Waals surface area contributed by atoms with Gasteiger partial charge in [0.05, 0.1) is 12.3 Å². The van der Waals surface area contributed by atoms with Crippen LogP contribution in [-0.4, -0.2) is 47.1 Å². The van der Waals surface area contributed by atoms with Crippen LogP contribution in [0.1, 0.15) is 79.2 Å². The van der Waals surface area contributed by atoms with E-state index in [-0.39, 0.29) is 23.9 Å². The van der Waals surface area contributed by atoms with Gasteiger partial charge in [0, 0.05) is 35.8 Å². The summed E-state index contributed by atoms with van der Waals surface area (Å²) < 4.78 is 19.7. The Labute approximate surface area is 272 Å². The van der Waals surface area contributed by atoms with E-state index in [0.29, 0.717) is 34.8 Å². The van der Waals surface area contributed by atoms with Crippen LogP contribution >= 0.6 is 0 Å². The maximum absolute atomic E-state index is 14.2. The zero-order chi connectivity index (χ0) is 33.0. The maximum Gasteiger partial charge on any atom is 0.355 e. The van der Waals surface area contributed by atoms with Gasteiger partial charge in [-0.2, -0.15) is 0 Å². The lowest BCUT2D eigenvalue weighted by Crippen LogP contribution is -2.39. The normalized spacial score (nSPS) is 14.8. The van der Waals surface area contributed by atoms with Gasteiger partial charge in [-0.05, 0) is 96.6 Å². The number of halogens is 1. The number of benzene rings is 3. The second-order valence-electron chi connectivity index (χ2n) is 13.5. The summed E-state index contributed by atoms with van der Waals surface area (Å²) in [4.78, 5) is 18.5. The Kier molecular flexibility index (Phi) is 10.5. The number of aryl methyl sites for hydroxylation is 1. The molecule has 0 aliphatic carbocycles. The maximum atomic E-state index is 14.2. The van der Waals surface area contributed by atoms with Crippen molar-refractivity contribution in [3.63, 3.8) is 0 Å². The number of ether oxygens (including phenoxy) is 1. The lowest BCUT2D eigenvalue weighted by molar-refractivity contribution is 0.0452. The first kappa shape index (κ1) is 33.2. The number of rotatable bonds is 11. The molecule has 0 spiro atoms. The molecular weight excluding hydrogens is 577 g/mol. The van der Waals surface area contributed by atoms with Crippen molar-refractivity contribution >= 4 is 22.6 Å². The van der Waals surface area contributed by atoms with E-state index >= 15 is 0 Å². The quantitative estimate of drug-likeness (QED) is 0.0904. The molecule has 1 aromatic heterocycles. The van der Waals surface area contributed by atoms with Crippen molar-refractivity contribution in [1.29, 1.82) is 0 Å². The first-order chi connectivity index (χ1) is 22.0. The van der Waals surface area contributed by atoms with Crippen LogP contribution < -0.4 is 11.6 Å². The molecular formula is C38H48FN5O2. The molecule has 0 bridgehead atoms. The molecule has 4 aromatic rings. The average Bonchev–Trinajstić information content (AvgIpc) is 3.40. The number of likely N-dealkylation sites (tertiary alicyclic amines) is 1. The zero-order valence-electron chi connectivity index (χ0n) is 27.8. The molecule has 1 aliphatic heterocycles. The summed E-state index contributed by atoms with van der Waals surface area (Å²) in [5.74, 6) is 6.57. The third kappa shape index (κ3) is 7.98. The number of fused-ring (bicyclic) bond motifs is 1. The minimum absolute atomic E-state index is 0.176. The van der Waals surface area contributed by atoms with E-state index in [4.69, 9.17) is 16.3 Å². The van der Waals surface area contributed by atoms with Gasteiger partial charge in [-0.1, -0.05) is 70.2 Å². The van der Waals surface area contributed by atoms with Gasteiger partial charge < -0.3 is 20.5 Å². The first-order valence-electron chi connectivity index (χ1n) is 16.4. The third-order valence-electron chi connectivity index (χ3n) is 8.84. The molecule has 0 saturated carbocycles. The van der Waals surface area contributed by atoms with Crippen LogP contribution in [0.25, 0.3) is 27.7 Å². The topological polar surface area (TPSA) is 101 Å². The Morgan fingerprint density at radius 2 is 1.85 bits per heavy atom. The van der Waals surface area contributed by atoms with Crippen molar-refractivity contribution in [2.45, 2.75) is 59.9 Å². The number of aromatic amines is 1. The highest BCUT2D eigenvalue weighted by molar-refractivity contribution is 6.04. The van der Waals surface area contributed by atoms with Gasteiger partial charge in [0.1, 0.15) is 11.5 Å². The average molecular weight is 626 g/mol. The van der Waals surface area contributed by atoms with Crippen molar-refractivity contribution < 1.29 is 13.9 Å². The lowest BCUT2D eigenvalue weighted by Gasteiger charge is -2.33. The SMILES string of the molecule is Cc1cc(CN2CCC(CN(N)C=C(N)c3c(C(=O)OCC(C)C)[nH]c4ccc(F)cc34)CC2)ccc1-c1cccc(C(C)C)c1. The highest BCUT2D eigenvalue weighted by atomic mass is 19.1. The minimum atomic E-state index is -0.530. The van der Waals surface area contributed by atoms with E-state index in [2.05, 4.69) is 73.1 Å². The summed E-state index contributed by atoms with van der Waals surface area (Å²) in [6.07, 6.45) is 3.68. The number of hydrogen-bond donors (Lipinski definition) is 3. The van der Waals surface area contributed by atoms with E-state index in [9.17, 15) is 9.18 Å². The molecule has 5 N–H and O–H groups in total. The summed E-state index contributed by atoms with van der Waals surface area (Å²) in [6.45, 7) is 14.4. The Morgan fingerprint density at radius 1 is 1.09 bits per heavy atom. The number of H-pyrrole nitrogens is 1. The van der Waals surface area contributed by atoms with E-state index in [1.54, 1.807) is 17.3 Å². The fourth-order valence-electron chi connectivity index (χ4n) is 6.32. The van der Waals surface area contributed by atoms with Gasteiger partial charge in [0.15, 0.2) is 0 Å². The highest BCUT2D eigenvalue weighted by Gasteiger charge is 2.24. The Hall–Kier alpha value is -4.14. The molecule has 0 unspecified atom stereocenters. The number of carbonyl (C=O) groups is 1. The Morgan fingerprint density at radius 3 is 2.54 bits per heavy atom. The molecule has 0 amide bonds. The molecule has 1 saturated heterocycles. The van der Waals surface area contributed by atoms with Crippen LogP contribution in [0, 0.1) is 24.6 Å². The zero-order valence-corrected chi connectivity index (χ0v) is 27.8. The third-order valence-corrected chi connectivity index (χ3v) is 8.84. The van der Waals surface area contributed by atoms with Crippen molar-refractivity contribution in [3.8, 4) is 11.1 Å². The fraction of sp³-hybridized carbons (Fsp3) is 0.395. The molecule has 1 aliphatic rings. The van der Waals surface area contributed by atoms with Gasteiger partial charge in [0.2, 0.25) is 0 Å². The number of nitrogens with zero attached hydrogens (tertiary/aromatic N) is 2. The smallest absolute Gasteiger partial charge is 0.355 e. The van der Waals surface area contributed by atoms with Crippen molar-refractivity contribution in [3.05, 3.63) is 101 Å². The number of piperidine rings is 1. The van der Waals surface area contributed by atoms with Gasteiger partial charge in [-0.25, -0.2) is 15.0 Å². The molecule has 0 radical (unpaired) electrons. The Balaban J connectivity index is 1.20. The second-order valence-corrected chi connectivity index (χ2v) is 13.5. The number of hydrogen-bond acceptors (Lipinski definition) is 6. The number of nitrogens with two attached hydrogens (primary N) is 2. The van der Waals surface area contributed by atoms with Crippen LogP contribution in [0.15, 0.2) is 66.9 Å². The molecule has 8 heteroatoms. The molecule has 1 fully saturated rings. The highest BCUT2D eigenvalue weighted by Crippen LogP contribution is 2.30. The van der Waals surface area contributed by atoms with E-state index in [1.807, 2.05) is 13.8 Å². The largest absolute Gasteiger partial charge is 0.461 e. The summed E-state index contributed by atoms with van der Waals surface area (Å²) in [7, 11) is 0. The number of nitrogens with one attached hydrogen (secondary N) is 1. The predicted octanol–water partition coefficient (Wildman–Crippen LogP) is 7.56. The summed E-state index contributed by atoms with van der Waals surface area (Å²) in [5, 5.41) is 2.10. The summed E-state index contributed by atoms with van der Waals surface area (Å²) in [5.41, 5.74) is 14.6. The molecule has 0 atom stereocenters. The number of aromatic nitrogens is 1. The summed E-state index contributed by atoms with van der Waals surface area (Å²) in [6, 6.07) is 20.0. The predicted molar refractivity (Wildman–Crippen MR) is 185 cm³/mol. The molecule has 5 rings (SSSR count). The molecule has 46 heavy (non-hydrogen) atoms. The van der Waals surface area contributed by atoms with E-state index < -0.39 is 11.8 Å². The van der Waals surface area contributed by atoms with Crippen LogP contribution in [0.5, 0.6) is 0 Å². The monoisotopic (exact) mass is 625 g/mol. The van der Waals surface area contributed by atoms with Crippen LogP contribution in [0.2, 0.25) is 0 Å². The van der Waals surface area contributed by atoms with E-state index in [0.717, 1.165) is 32.5 Å². The number of esters is 1. The fourth-order valence-corrected chi connectivity index (χ4v) is 6.32. The van der Waals surface area contributed by atoms with Gasteiger partial charge in [-0.3, -0.25) is 4.90 Å². The Bertz CT molecular complexity index is 1700. The molecule has 7 nitrogen and oxygen atoms in total. The lowest BCUT2D eigenvalue weighted by atomic mass is 9.93. The second kappa shape index (κ2) is 14.5. The molecule has 3 aromatic carbocycles. The number of hydrazine groups is 1. The first-order valence-corrected chi connectivity index (χ1v) is 16.4. The standard InChI is InChI=1S/C38H48FN5O2/c1-24(2)23-46-38(45)37-36(33-19-31(39)10-12-35(33)42-37)34(40)22-44(41)21-27-13-15-43(16-14-27)20-28-9-11-32(26(5)17-28)30-8-6-7-29(18-30)25(3)4/h6-12,17-19,22,24-25,27,42H,13-16,20-21,23,40-41H2,1-5H3. The van der Waals surface area contributed by atoms with Gasteiger partial charge in [-0.15, -0.1) is 0 Å². The van der Waals surface area contributed by atoms with Crippen LogP contribution in [0.3, 0.4) is 0 Å². The number of carbonyl (C=O) groups excluding carboxylic acids is 1. The van der Waals surface area contributed by atoms with E-state index in [1.165, 1.54) is 39.9 Å². The van der Waals surface area contributed by atoms with Crippen molar-refractivity contribution in [2.24, 2.45) is 23.4 Å². The van der Waals surface area contributed by atoms with Crippen molar-refractivity contribution in [1.82, 2.24) is 14.9 Å². The summed E-state index contributed by atoms with van der Waals surface area (Å²) >= 11 is 0. The van der Waals surface area contributed by atoms with Crippen LogP contribution in [0.4, 0.5) is 4.39 Å². The minimum Gasteiger partial charge on any atom is -0.461 e. The van der Waals surface area contributed by atoms with Crippen LogP contribution in [-0.2, 0) is 11.3 Å². The van der Waals surface area contributed by atoms with Gasteiger partial charge >= 0.3 is 5.97 Å².